The lowest BCUT2D eigenvalue weighted by Gasteiger charge is -2.36. The van der Waals surface area contributed by atoms with E-state index in [-0.39, 0.29) is 0 Å². The molecule has 0 aromatic heterocycles. The summed E-state index contributed by atoms with van der Waals surface area (Å²) in [5, 5.41) is 0. The van der Waals surface area contributed by atoms with Gasteiger partial charge in [-0.05, 0) is 37.5 Å². The van der Waals surface area contributed by atoms with Crippen LogP contribution in [0.3, 0.4) is 0 Å². The zero-order valence-electron chi connectivity index (χ0n) is 10.9. The summed E-state index contributed by atoms with van der Waals surface area (Å²) in [6, 6.07) is 9.07. The average molecular weight is 232 g/mol. The fourth-order valence-corrected chi connectivity index (χ4v) is 2.86. The topological polar surface area (TPSA) is 29.3 Å². The maximum absolute atomic E-state index is 5.90. The molecule has 1 aromatic carbocycles. The molecule has 0 aliphatic heterocycles. The van der Waals surface area contributed by atoms with E-state index >= 15 is 0 Å². The Kier molecular flexibility index (Phi) is 4.29. The van der Waals surface area contributed by atoms with E-state index in [1.165, 1.54) is 44.2 Å². The molecule has 2 heteroatoms. The highest BCUT2D eigenvalue weighted by Crippen LogP contribution is 2.28. The van der Waals surface area contributed by atoms with Gasteiger partial charge in [-0.1, -0.05) is 32.3 Å². The zero-order chi connectivity index (χ0) is 12.1. The van der Waals surface area contributed by atoms with E-state index in [1.54, 1.807) is 0 Å². The summed E-state index contributed by atoms with van der Waals surface area (Å²) in [6.07, 6.45) is 8.06. The van der Waals surface area contributed by atoms with E-state index in [9.17, 15) is 0 Å². The summed E-state index contributed by atoms with van der Waals surface area (Å²) >= 11 is 0. The van der Waals surface area contributed by atoms with Gasteiger partial charge in [0, 0.05) is 24.0 Å². The molecule has 1 aliphatic carbocycles. The summed E-state index contributed by atoms with van der Waals surface area (Å²) in [5.74, 6) is 0. The van der Waals surface area contributed by atoms with Crippen molar-refractivity contribution in [3.8, 4) is 0 Å². The lowest BCUT2D eigenvalue weighted by molar-refractivity contribution is 0.414. The summed E-state index contributed by atoms with van der Waals surface area (Å²) in [6.45, 7) is 3.40. The average Bonchev–Trinajstić information content (AvgIpc) is 2.37. The molecular formula is C15H24N2. The van der Waals surface area contributed by atoms with Crippen molar-refractivity contribution >= 4 is 11.4 Å². The van der Waals surface area contributed by atoms with Gasteiger partial charge in [-0.15, -0.1) is 0 Å². The van der Waals surface area contributed by atoms with Gasteiger partial charge in [0.05, 0.1) is 0 Å². The molecule has 2 nitrogen and oxygen atoms in total. The maximum atomic E-state index is 5.90. The second-order valence-electron chi connectivity index (χ2n) is 5.08. The van der Waals surface area contributed by atoms with Crippen LogP contribution in [0.1, 0.15) is 45.4 Å². The van der Waals surface area contributed by atoms with Crippen LogP contribution in [-0.2, 0) is 0 Å². The summed E-state index contributed by atoms with van der Waals surface area (Å²) in [5.41, 5.74) is 8.07. The van der Waals surface area contributed by atoms with Gasteiger partial charge in [-0.25, -0.2) is 0 Å². The van der Waals surface area contributed by atoms with E-state index in [0.29, 0.717) is 0 Å². The van der Waals surface area contributed by atoms with Crippen LogP contribution in [0.4, 0.5) is 11.4 Å². The Hall–Kier alpha value is -1.18. The van der Waals surface area contributed by atoms with E-state index in [0.717, 1.165) is 18.3 Å². The van der Waals surface area contributed by atoms with Crippen LogP contribution in [-0.4, -0.2) is 12.6 Å². The van der Waals surface area contributed by atoms with Crippen LogP contribution in [0.2, 0.25) is 0 Å². The van der Waals surface area contributed by atoms with Gasteiger partial charge < -0.3 is 10.6 Å². The molecule has 1 aromatic rings. The van der Waals surface area contributed by atoms with Crippen molar-refractivity contribution in [3.05, 3.63) is 24.3 Å². The van der Waals surface area contributed by atoms with Gasteiger partial charge in [0.25, 0.3) is 0 Å². The fourth-order valence-electron chi connectivity index (χ4n) is 2.86. The van der Waals surface area contributed by atoms with Crippen LogP contribution in [0, 0.1) is 0 Å². The highest BCUT2D eigenvalue weighted by molar-refractivity contribution is 5.56. The predicted octanol–water partition coefficient (Wildman–Crippen LogP) is 3.82. The largest absolute Gasteiger partial charge is 0.399 e. The van der Waals surface area contributed by atoms with Crippen LogP contribution in [0.25, 0.3) is 0 Å². The summed E-state index contributed by atoms with van der Waals surface area (Å²) in [4.78, 5) is 2.56. The van der Waals surface area contributed by atoms with Gasteiger partial charge in [-0.3, -0.25) is 0 Å². The smallest absolute Gasteiger partial charge is 0.0389 e. The second kappa shape index (κ2) is 5.95. The summed E-state index contributed by atoms with van der Waals surface area (Å²) < 4.78 is 0. The first kappa shape index (κ1) is 12.3. The number of hydrogen-bond acceptors (Lipinski definition) is 2. The normalized spacial score (nSPS) is 17.0. The van der Waals surface area contributed by atoms with Crippen molar-refractivity contribution < 1.29 is 0 Å². The van der Waals surface area contributed by atoms with Crippen molar-refractivity contribution in [3.63, 3.8) is 0 Å². The van der Waals surface area contributed by atoms with Gasteiger partial charge in [-0.2, -0.15) is 0 Å². The Morgan fingerprint density at radius 1 is 1.24 bits per heavy atom. The molecule has 1 aliphatic rings. The highest BCUT2D eigenvalue weighted by atomic mass is 15.2. The van der Waals surface area contributed by atoms with Gasteiger partial charge in [0.15, 0.2) is 0 Å². The Labute approximate surface area is 105 Å². The Morgan fingerprint density at radius 3 is 2.65 bits per heavy atom. The number of nitrogens with two attached hydrogens (primary N) is 1. The summed E-state index contributed by atoms with van der Waals surface area (Å²) in [7, 11) is 0. The molecule has 0 amide bonds. The third-order valence-corrected chi connectivity index (χ3v) is 3.68. The van der Waals surface area contributed by atoms with Crippen molar-refractivity contribution in [1.82, 2.24) is 0 Å². The quantitative estimate of drug-likeness (QED) is 0.800. The first-order valence-electron chi connectivity index (χ1n) is 6.93. The minimum absolute atomic E-state index is 0.727. The molecule has 1 saturated carbocycles. The van der Waals surface area contributed by atoms with E-state index < -0.39 is 0 Å². The number of hydrogen-bond donors (Lipinski definition) is 1. The molecule has 0 saturated heterocycles. The molecule has 0 heterocycles. The Balaban J connectivity index is 2.15. The molecule has 2 N–H and O–H groups in total. The van der Waals surface area contributed by atoms with E-state index in [4.69, 9.17) is 5.73 Å². The number of nitrogens with zero attached hydrogens (tertiary/aromatic N) is 1. The van der Waals surface area contributed by atoms with Crippen LogP contribution < -0.4 is 10.6 Å². The van der Waals surface area contributed by atoms with Crippen LogP contribution in [0.5, 0.6) is 0 Å². The van der Waals surface area contributed by atoms with Crippen molar-refractivity contribution in [2.75, 3.05) is 17.2 Å². The molecule has 0 spiro atoms. The first-order chi connectivity index (χ1) is 8.31. The first-order valence-corrected chi connectivity index (χ1v) is 6.93. The SMILES string of the molecule is CCCN(c1cccc(N)c1)C1CCCCC1. The van der Waals surface area contributed by atoms with Crippen LogP contribution in [0.15, 0.2) is 24.3 Å². The monoisotopic (exact) mass is 232 g/mol. The minimum atomic E-state index is 0.727. The highest BCUT2D eigenvalue weighted by Gasteiger charge is 2.20. The number of benzene rings is 1. The molecule has 0 unspecified atom stereocenters. The lowest BCUT2D eigenvalue weighted by atomic mass is 9.93. The molecule has 0 atom stereocenters. The van der Waals surface area contributed by atoms with Gasteiger partial charge in [0.2, 0.25) is 0 Å². The molecular weight excluding hydrogens is 208 g/mol. The third kappa shape index (κ3) is 3.15. The van der Waals surface area contributed by atoms with Crippen molar-refractivity contribution in [2.24, 2.45) is 0 Å². The number of anilines is 2. The fraction of sp³-hybridized carbons (Fsp3) is 0.600. The lowest BCUT2D eigenvalue weighted by Crippen LogP contribution is -2.37. The van der Waals surface area contributed by atoms with E-state index in [2.05, 4.69) is 30.0 Å². The minimum Gasteiger partial charge on any atom is -0.399 e. The van der Waals surface area contributed by atoms with Gasteiger partial charge >= 0.3 is 0 Å². The number of rotatable bonds is 4. The van der Waals surface area contributed by atoms with Crippen molar-refractivity contribution in [2.45, 2.75) is 51.5 Å². The molecule has 1 fully saturated rings. The Bertz CT molecular complexity index is 343. The second-order valence-corrected chi connectivity index (χ2v) is 5.08. The Morgan fingerprint density at radius 2 is 2.00 bits per heavy atom. The molecule has 94 valence electrons. The molecule has 0 bridgehead atoms. The molecule has 17 heavy (non-hydrogen) atoms. The zero-order valence-corrected chi connectivity index (χ0v) is 10.9. The van der Waals surface area contributed by atoms with Gasteiger partial charge in [0.1, 0.15) is 0 Å². The van der Waals surface area contributed by atoms with Crippen LogP contribution >= 0.6 is 0 Å². The van der Waals surface area contributed by atoms with Crippen molar-refractivity contribution in [1.29, 1.82) is 0 Å². The predicted molar refractivity (Wildman–Crippen MR) is 75.4 cm³/mol. The standard InChI is InChI=1S/C15H24N2/c1-2-11-17(14-8-4-3-5-9-14)15-10-6-7-13(16)12-15/h6-7,10,12,14H,2-5,8-9,11,16H2,1H3. The molecule has 2 rings (SSSR count). The molecule has 0 radical (unpaired) electrons. The third-order valence-electron chi connectivity index (χ3n) is 3.68. The number of nitrogen functional groups attached to an aromatic ring is 1. The van der Waals surface area contributed by atoms with E-state index in [1.807, 2.05) is 6.07 Å². The maximum Gasteiger partial charge on any atom is 0.0389 e.